The minimum atomic E-state index is -3.18. The second-order valence-electron chi connectivity index (χ2n) is 5.82. The molecule has 1 atom stereocenters. The van der Waals surface area contributed by atoms with Gasteiger partial charge in [0.2, 0.25) is 10.0 Å². The van der Waals surface area contributed by atoms with Gasteiger partial charge >= 0.3 is 0 Å². The van der Waals surface area contributed by atoms with Gasteiger partial charge in [0, 0.05) is 31.9 Å². The van der Waals surface area contributed by atoms with E-state index in [1.807, 2.05) is 13.1 Å². The van der Waals surface area contributed by atoms with Gasteiger partial charge in [-0.05, 0) is 27.8 Å². The SMILES string of the molecule is CC(C)N(C)Cc1cnc2n1CCN(S(C)(=O)=O)[C@H]2C. The van der Waals surface area contributed by atoms with Crippen LogP contribution >= 0.6 is 0 Å². The molecule has 0 amide bonds. The number of aromatic nitrogens is 2. The Hall–Kier alpha value is -0.920. The molecule has 114 valence electrons. The summed E-state index contributed by atoms with van der Waals surface area (Å²) in [5, 5.41) is 0. The van der Waals surface area contributed by atoms with Crippen LogP contribution in [0.1, 0.15) is 38.3 Å². The first-order valence-electron chi connectivity index (χ1n) is 6.93. The molecule has 7 heteroatoms. The Morgan fingerprint density at radius 2 is 2.10 bits per heavy atom. The zero-order valence-corrected chi connectivity index (χ0v) is 13.7. The maximum Gasteiger partial charge on any atom is 0.211 e. The molecule has 0 bridgehead atoms. The van der Waals surface area contributed by atoms with E-state index in [1.165, 1.54) is 10.6 Å². The number of nitrogens with zero attached hydrogens (tertiary/aromatic N) is 4. The van der Waals surface area contributed by atoms with E-state index in [9.17, 15) is 8.42 Å². The van der Waals surface area contributed by atoms with Crippen LogP contribution in [0.25, 0.3) is 0 Å². The summed E-state index contributed by atoms with van der Waals surface area (Å²) in [5.74, 6) is 0.842. The first-order chi connectivity index (χ1) is 9.21. The predicted molar refractivity (Wildman–Crippen MR) is 78.8 cm³/mol. The third kappa shape index (κ3) is 2.89. The fourth-order valence-corrected chi connectivity index (χ4v) is 3.64. The lowest BCUT2D eigenvalue weighted by molar-refractivity contribution is 0.243. The Labute approximate surface area is 121 Å². The van der Waals surface area contributed by atoms with Gasteiger partial charge in [-0.15, -0.1) is 0 Å². The average Bonchev–Trinajstić information content (AvgIpc) is 2.72. The van der Waals surface area contributed by atoms with Crippen LogP contribution in [-0.4, -0.2) is 53.1 Å². The lowest BCUT2D eigenvalue weighted by atomic mass is 10.2. The molecule has 0 radical (unpaired) electrons. The van der Waals surface area contributed by atoms with Gasteiger partial charge in [-0.2, -0.15) is 4.31 Å². The smallest absolute Gasteiger partial charge is 0.211 e. The summed E-state index contributed by atoms with van der Waals surface area (Å²) in [6, 6.07) is 0.270. The van der Waals surface area contributed by atoms with E-state index in [-0.39, 0.29) is 6.04 Å². The Balaban J connectivity index is 2.26. The minimum Gasteiger partial charge on any atom is -0.328 e. The van der Waals surface area contributed by atoms with Crippen LogP contribution < -0.4 is 0 Å². The average molecular weight is 300 g/mol. The van der Waals surface area contributed by atoms with Crippen LogP contribution in [0, 0.1) is 0 Å². The molecule has 0 spiro atoms. The summed E-state index contributed by atoms with van der Waals surface area (Å²) in [5.41, 5.74) is 1.15. The summed E-state index contributed by atoms with van der Waals surface area (Å²) >= 11 is 0. The normalized spacial score (nSPS) is 20.6. The third-order valence-electron chi connectivity index (χ3n) is 4.04. The summed E-state index contributed by atoms with van der Waals surface area (Å²) in [7, 11) is -1.09. The topological polar surface area (TPSA) is 58.4 Å². The highest BCUT2D eigenvalue weighted by atomic mass is 32.2. The highest BCUT2D eigenvalue weighted by Gasteiger charge is 2.32. The Kier molecular flexibility index (Phi) is 4.22. The van der Waals surface area contributed by atoms with Gasteiger partial charge in [0.25, 0.3) is 0 Å². The number of sulfonamides is 1. The van der Waals surface area contributed by atoms with Gasteiger partial charge < -0.3 is 4.57 Å². The highest BCUT2D eigenvalue weighted by molar-refractivity contribution is 7.88. The lowest BCUT2D eigenvalue weighted by Gasteiger charge is -2.33. The van der Waals surface area contributed by atoms with Gasteiger partial charge in [0.05, 0.1) is 18.0 Å². The van der Waals surface area contributed by atoms with Gasteiger partial charge in [-0.3, -0.25) is 4.90 Å². The zero-order chi connectivity index (χ0) is 15.1. The molecule has 0 saturated heterocycles. The number of hydrogen-bond donors (Lipinski definition) is 0. The molecule has 1 aliphatic rings. The number of hydrogen-bond acceptors (Lipinski definition) is 4. The number of imidazole rings is 1. The van der Waals surface area contributed by atoms with Crippen molar-refractivity contribution in [2.24, 2.45) is 0 Å². The molecular formula is C13H24N4O2S. The quantitative estimate of drug-likeness (QED) is 0.834. The molecule has 2 rings (SSSR count). The second-order valence-corrected chi connectivity index (χ2v) is 7.75. The lowest BCUT2D eigenvalue weighted by Crippen LogP contribution is -2.41. The standard InChI is InChI=1S/C13H24N4O2S/c1-10(2)15(4)9-12-8-14-13-11(3)17(20(5,18)19)7-6-16(12)13/h8,10-11H,6-7,9H2,1-5H3/t11-/m0/s1. The molecule has 0 fully saturated rings. The maximum absolute atomic E-state index is 11.8. The number of rotatable bonds is 4. The molecule has 1 aromatic heterocycles. The molecule has 0 N–H and O–H groups in total. The van der Waals surface area contributed by atoms with E-state index >= 15 is 0 Å². The number of fused-ring (bicyclic) bond motifs is 1. The van der Waals surface area contributed by atoms with E-state index in [2.05, 4.69) is 35.3 Å². The minimum absolute atomic E-state index is 0.197. The zero-order valence-electron chi connectivity index (χ0n) is 12.9. The van der Waals surface area contributed by atoms with Gasteiger partial charge in [-0.1, -0.05) is 0 Å². The van der Waals surface area contributed by atoms with Gasteiger partial charge in [-0.25, -0.2) is 13.4 Å². The summed E-state index contributed by atoms with van der Waals surface area (Å²) < 4.78 is 27.2. The molecule has 0 aliphatic carbocycles. The first-order valence-corrected chi connectivity index (χ1v) is 8.78. The molecule has 1 aliphatic heterocycles. The van der Waals surface area contributed by atoms with E-state index in [1.54, 1.807) is 0 Å². The van der Waals surface area contributed by atoms with Crippen molar-refractivity contribution in [2.45, 2.75) is 45.9 Å². The molecule has 6 nitrogen and oxygen atoms in total. The molecule has 0 unspecified atom stereocenters. The van der Waals surface area contributed by atoms with E-state index in [4.69, 9.17) is 0 Å². The molecule has 2 heterocycles. The van der Waals surface area contributed by atoms with E-state index in [0.29, 0.717) is 19.1 Å². The summed E-state index contributed by atoms with van der Waals surface area (Å²) in [4.78, 5) is 6.69. The van der Waals surface area contributed by atoms with Crippen LogP contribution in [0.15, 0.2) is 6.20 Å². The first kappa shape index (κ1) is 15.5. The van der Waals surface area contributed by atoms with Crippen LogP contribution in [0.5, 0.6) is 0 Å². The van der Waals surface area contributed by atoms with Crippen LogP contribution in [-0.2, 0) is 23.1 Å². The van der Waals surface area contributed by atoms with E-state index in [0.717, 1.165) is 18.1 Å². The largest absolute Gasteiger partial charge is 0.328 e. The molecule has 20 heavy (non-hydrogen) atoms. The van der Waals surface area contributed by atoms with Crippen molar-refractivity contribution in [2.75, 3.05) is 19.8 Å². The maximum atomic E-state index is 11.8. The fourth-order valence-electron chi connectivity index (χ4n) is 2.56. The van der Waals surface area contributed by atoms with Crippen LogP contribution in [0.3, 0.4) is 0 Å². The molecule has 0 aromatic carbocycles. The predicted octanol–water partition coefficient (Wildman–Crippen LogP) is 1.06. The third-order valence-corrected chi connectivity index (χ3v) is 5.39. The monoisotopic (exact) mass is 300 g/mol. The van der Waals surface area contributed by atoms with Crippen molar-refractivity contribution in [3.8, 4) is 0 Å². The molecule has 1 aromatic rings. The Bertz CT molecular complexity index is 579. The van der Waals surface area contributed by atoms with Crippen molar-refractivity contribution >= 4 is 10.0 Å². The molecule has 0 saturated carbocycles. The van der Waals surface area contributed by atoms with Crippen molar-refractivity contribution in [1.82, 2.24) is 18.8 Å². The van der Waals surface area contributed by atoms with Gasteiger partial charge in [0.15, 0.2) is 0 Å². The van der Waals surface area contributed by atoms with Crippen LogP contribution in [0.4, 0.5) is 0 Å². The van der Waals surface area contributed by atoms with E-state index < -0.39 is 10.0 Å². The van der Waals surface area contributed by atoms with Crippen LogP contribution in [0.2, 0.25) is 0 Å². The summed E-state index contributed by atoms with van der Waals surface area (Å²) in [6.07, 6.45) is 3.13. The van der Waals surface area contributed by atoms with Crippen molar-refractivity contribution in [3.63, 3.8) is 0 Å². The van der Waals surface area contributed by atoms with Crippen molar-refractivity contribution in [1.29, 1.82) is 0 Å². The second kappa shape index (κ2) is 5.46. The van der Waals surface area contributed by atoms with Crippen molar-refractivity contribution < 1.29 is 8.42 Å². The molecular weight excluding hydrogens is 276 g/mol. The van der Waals surface area contributed by atoms with Crippen molar-refractivity contribution in [3.05, 3.63) is 17.7 Å². The Morgan fingerprint density at radius 1 is 1.45 bits per heavy atom. The summed E-state index contributed by atoms with van der Waals surface area (Å²) in [6.45, 7) is 8.23. The van der Waals surface area contributed by atoms with Gasteiger partial charge in [0.1, 0.15) is 5.82 Å². The fraction of sp³-hybridized carbons (Fsp3) is 0.769. The Morgan fingerprint density at radius 3 is 2.65 bits per heavy atom. The highest BCUT2D eigenvalue weighted by Crippen LogP contribution is 2.27.